The molecule has 1 unspecified atom stereocenters. The van der Waals surface area contributed by atoms with Gasteiger partial charge in [0.25, 0.3) is 0 Å². The molecule has 0 bridgehead atoms. The number of thiophene rings is 1. The lowest BCUT2D eigenvalue weighted by atomic mass is 10.1. The average molecular weight is 301 g/mol. The Kier molecular flexibility index (Phi) is 4.54. The van der Waals surface area contributed by atoms with Crippen molar-refractivity contribution < 1.29 is 17.9 Å². The molecule has 2 rings (SSSR count). The number of anilines is 1. The van der Waals surface area contributed by atoms with E-state index in [0.717, 1.165) is 5.56 Å². The van der Waals surface area contributed by atoms with Gasteiger partial charge in [-0.15, -0.1) is 0 Å². The van der Waals surface area contributed by atoms with Gasteiger partial charge in [-0.3, -0.25) is 0 Å². The predicted molar refractivity (Wildman–Crippen MR) is 74.3 cm³/mol. The van der Waals surface area contributed by atoms with Crippen molar-refractivity contribution in [3.63, 3.8) is 0 Å². The van der Waals surface area contributed by atoms with E-state index in [1.54, 1.807) is 29.5 Å². The highest BCUT2D eigenvalue weighted by atomic mass is 32.1. The van der Waals surface area contributed by atoms with Gasteiger partial charge in [0.1, 0.15) is 5.75 Å². The number of ether oxygens (including phenoxy) is 1. The van der Waals surface area contributed by atoms with Crippen molar-refractivity contribution >= 4 is 17.0 Å². The number of alkyl halides is 3. The third-order valence-electron chi connectivity index (χ3n) is 2.69. The van der Waals surface area contributed by atoms with Gasteiger partial charge in [-0.2, -0.15) is 24.5 Å². The zero-order chi connectivity index (χ0) is 14.6. The smallest absolute Gasteiger partial charge is 0.422 e. The van der Waals surface area contributed by atoms with Crippen LogP contribution in [0.15, 0.2) is 41.1 Å². The van der Waals surface area contributed by atoms with E-state index in [4.69, 9.17) is 4.74 Å². The lowest BCUT2D eigenvalue weighted by molar-refractivity contribution is -0.153. The summed E-state index contributed by atoms with van der Waals surface area (Å²) in [5.41, 5.74) is 1.64. The van der Waals surface area contributed by atoms with Crippen LogP contribution in [0.25, 0.3) is 0 Å². The van der Waals surface area contributed by atoms with Gasteiger partial charge in [-0.05, 0) is 41.4 Å². The van der Waals surface area contributed by atoms with Gasteiger partial charge in [0.15, 0.2) is 6.61 Å². The highest BCUT2D eigenvalue weighted by molar-refractivity contribution is 7.07. The third-order valence-corrected chi connectivity index (χ3v) is 3.40. The second kappa shape index (κ2) is 6.17. The molecular formula is C14H14F3NOS. The largest absolute Gasteiger partial charge is 0.482 e. The lowest BCUT2D eigenvalue weighted by Crippen LogP contribution is -2.20. The first-order chi connectivity index (χ1) is 9.46. The third kappa shape index (κ3) is 4.16. The first-order valence-corrected chi connectivity index (χ1v) is 6.97. The Labute approximate surface area is 119 Å². The zero-order valence-corrected chi connectivity index (χ0v) is 11.6. The van der Waals surface area contributed by atoms with Gasteiger partial charge in [0.05, 0.1) is 5.69 Å². The minimum absolute atomic E-state index is 0.00288. The standard InChI is InChI=1S/C14H14F3NOS/c1-10(11-6-7-20-8-11)18-12-4-2-3-5-13(12)19-9-14(15,16)17/h2-8,10,18H,9H2,1H3. The van der Waals surface area contributed by atoms with Crippen LogP contribution in [0.1, 0.15) is 18.5 Å². The molecule has 0 spiro atoms. The predicted octanol–water partition coefficient (Wildman–Crippen LogP) is 4.86. The summed E-state index contributed by atoms with van der Waals surface area (Å²) in [5.74, 6) is 0.201. The van der Waals surface area contributed by atoms with E-state index in [1.807, 2.05) is 23.8 Å². The van der Waals surface area contributed by atoms with Crippen LogP contribution in [0, 0.1) is 0 Å². The molecule has 0 saturated carbocycles. The molecular weight excluding hydrogens is 287 g/mol. The molecule has 0 aliphatic rings. The van der Waals surface area contributed by atoms with Crippen molar-refractivity contribution in [1.82, 2.24) is 0 Å². The lowest BCUT2D eigenvalue weighted by Gasteiger charge is -2.18. The quantitative estimate of drug-likeness (QED) is 0.851. The van der Waals surface area contributed by atoms with Crippen LogP contribution in [-0.2, 0) is 0 Å². The van der Waals surface area contributed by atoms with Gasteiger partial charge in [-0.25, -0.2) is 0 Å². The normalized spacial score (nSPS) is 13.0. The first kappa shape index (κ1) is 14.7. The van der Waals surface area contributed by atoms with E-state index in [2.05, 4.69) is 5.32 Å². The highest BCUT2D eigenvalue weighted by Crippen LogP contribution is 2.30. The highest BCUT2D eigenvalue weighted by Gasteiger charge is 2.28. The van der Waals surface area contributed by atoms with Crippen LogP contribution in [0.3, 0.4) is 0 Å². The van der Waals surface area contributed by atoms with Crippen LogP contribution in [0.5, 0.6) is 5.75 Å². The maximum absolute atomic E-state index is 12.2. The molecule has 0 amide bonds. The van der Waals surface area contributed by atoms with Gasteiger partial charge in [-0.1, -0.05) is 12.1 Å². The molecule has 0 saturated heterocycles. The molecule has 0 aliphatic heterocycles. The Morgan fingerprint density at radius 1 is 1.25 bits per heavy atom. The van der Waals surface area contributed by atoms with Gasteiger partial charge < -0.3 is 10.1 Å². The topological polar surface area (TPSA) is 21.3 Å². The summed E-state index contributed by atoms with van der Waals surface area (Å²) in [6.45, 7) is 0.654. The van der Waals surface area contributed by atoms with E-state index in [1.165, 1.54) is 6.07 Å². The fourth-order valence-corrected chi connectivity index (χ4v) is 2.46. The summed E-state index contributed by atoms with van der Waals surface area (Å²) in [7, 11) is 0. The number of para-hydroxylation sites is 2. The molecule has 0 aliphatic carbocycles. The van der Waals surface area contributed by atoms with Crippen molar-refractivity contribution in [3.05, 3.63) is 46.7 Å². The van der Waals surface area contributed by atoms with Crippen molar-refractivity contribution in [2.45, 2.75) is 19.1 Å². The molecule has 0 fully saturated rings. The van der Waals surface area contributed by atoms with Crippen molar-refractivity contribution in [2.75, 3.05) is 11.9 Å². The minimum atomic E-state index is -4.34. The molecule has 1 aromatic carbocycles. The fraction of sp³-hybridized carbons (Fsp3) is 0.286. The van der Waals surface area contributed by atoms with E-state index in [9.17, 15) is 13.2 Å². The summed E-state index contributed by atoms with van der Waals surface area (Å²) >= 11 is 1.58. The molecule has 0 radical (unpaired) electrons. The molecule has 1 atom stereocenters. The summed E-state index contributed by atoms with van der Waals surface area (Å²) < 4.78 is 41.5. The fourth-order valence-electron chi connectivity index (χ4n) is 1.71. The Hall–Kier alpha value is -1.69. The number of nitrogens with one attached hydrogen (secondary N) is 1. The number of halogens is 3. The van der Waals surface area contributed by atoms with E-state index in [0.29, 0.717) is 5.69 Å². The summed E-state index contributed by atoms with van der Waals surface area (Å²) in [6, 6.07) is 8.59. The van der Waals surface area contributed by atoms with E-state index >= 15 is 0 Å². The molecule has 20 heavy (non-hydrogen) atoms. The Morgan fingerprint density at radius 3 is 2.65 bits per heavy atom. The zero-order valence-electron chi connectivity index (χ0n) is 10.8. The molecule has 1 heterocycles. The molecule has 2 aromatic rings. The Bertz CT molecular complexity index is 540. The second-order valence-corrected chi connectivity index (χ2v) is 5.10. The second-order valence-electron chi connectivity index (χ2n) is 4.32. The van der Waals surface area contributed by atoms with E-state index in [-0.39, 0.29) is 11.8 Å². The maximum Gasteiger partial charge on any atom is 0.422 e. The summed E-state index contributed by atoms with van der Waals surface area (Å²) in [4.78, 5) is 0. The van der Waals surface area contributed by atoms with Gasteiger partial charge in [0.2, 0.25) is 0 Å². The molecule has 1 aromatic heterocycles. The summed E-state index contributed by atoms with van der Waals surface area (Å²) in [5, 5.41) is 7.12. The summed E-state index contributed by atoms with van der Waals surface area (Å²) in [6.07, 6.45) is -4.34. The number of rotatable bonds is 5. The Morgan fingerprint density at radius 2 is 2.00 bits per heavy atom. The SMILES string of the molecule is CC(Nc1ccccc1OCC(F)(F)F)c1ccsc1. The van der Waals surface area contributed by atoms with Crippen molar-refractivity contribution in [2.24, 2.45) is 0 Å². The van der Waals surface area contributed by atoms with Crippen LogP contribution < -0.4 is 10.1 Å². The molecule has 6 heteroatoms. The van der Waals surface area contributed by atoms with Crippen LogP contribution in [0.4, 0.5) is 18.9 Å². The van der Waals surface area contributed by atoms with Crippen molar-refractivity contribution in [3.8, 4) is 5.75 Å². The molecule has 1 N–H and O–H groups in total. The number of benzene rings is 1. The number of hydrogen-bond donors (Lipinski definition) is 1. The molecule has 2 nitrogen and oxygen atoms in total. The minimum Gasteiger partial charge on any atom is -0.482 e. The van der Waals surface area contributed by atoms with Gasteiger partial charge >= 0.3 is 6.18 Å². The van der Waals surface area contributed by atoms with Crippen LogP contribution in [0.2, 0.25) is 0 Å². The van der Waals surface area contributed by atoms with E-state index < -0.39 is 12.8 Å². The van der Waals surface area contributed by atoms with Crippen LogP contribution in [-0.4, -0.2) is 12.8 Å². The van der Waals surface area contributed by atoms with Gasteiger partial charge in [0, 0.05) is 6.04 Å². The maximum atomic E-state index is 12.2. The number of hydrogen-bond acceptors (Lipinski definition) is 3. The monoisotopic (exact) mass is 301 g/mol. The Balaban J connectivity index is 2.08. The van der Waals surface area contributed by atoms with Crippen LogP contribution >= 0.6 is 11.3 Å². The average Bonchev–Trinajstić information content (AvgIpc) is 2.90. The van der Waals surface area contributed by atoms with Crippen molar-refractivity contribution in [1.29, 1.82) is 0 Å². The molecule has 108 valence electrons. The first-order valence-electron chi connectivity index (χ1n) is 6.03.